The molecule has 6 nitrogen and oxygen atoms in total. The third-order valence-corrected chi connectivity index (χ3v) is 4.14. The zero-order valence-electron chi connectivity index (χ0n) is 14.9. The Hall–Kier alpha value is -2.11. The van der Waals surface area contributed by atoms with Gasteiger partial charge in [-0.25, -0.2) is 0 Å². The second-order valence-electron chi connectivity index (χ2n) is 6.68. The fourth-order valence-corrected chi connectivity index (χ4v) is 2.67. The summed E-state index contributed by atoms with van der Waals surface area (Å²) < 4.78 is 1.83. The third kappa shape index (κ3) is 4.00. The molecule has 126 valence electrons. The van der Waals surface area contributed by atoms with Gasteiger partial charge in [0.25, 0.3) is 5.91 Å². The lowest BCUT2D eigenvalue weighted by atomic mass is 10.0. The number of hydrogen-bond acceptors (Lipinski definition) is 3. The molecule has 0 spiro atoms. The summed E-state index contributed by atoms with van der Waals surface area (Å²) >= 11 is 0. The molecule has 0 aliphatic heterocycles. The molecule has 2 aromatic heterocycles. The van der Waals surface area contributed by atoms with Gasteiger partial charge in [0.15, 0.2) is 0 Å². The van der Waals surface area contributed by atoms with Crippen LogP contribution in [0.25, 0.3) is 11.3 Å². The standard InChI is InChI=1S/C17H27N5O/c1-10(2)7-8-11(3)18-17(23)15-9-14(19-20-15)16-12(4)21-22(6)13(16)5/h9-11H,7-8H2,1-6H3,(H,18,23)(H,19,20). The molecule has 0 aliphatic carbocycles. The molecule has 0 radical (unpaired) electrons. The fraction of sp³-hybridized carbons (Fsp3) is 0.588. The van der Waals surface area contributed by atoms with E-state index in [-0.39, 0.29) is 11.9 Å². The lowest BCUT2D eigenvalue weighted by Crippen LogP contribution is -2.32. The smallest absolute Gasteiger partial charge is 0.269 e. The molecule has 0 saturated carbocycles. The number of nitrogens with zero attached hydrogens (tertiary/aromatic N) is 3. The molecule has 0 bridgehead atoms. The number of aromatic nitrogens is 4. The number of rotatable bonds is 6. The molecule has 6 heteroatoms. The van der Waals surface area contributed by atoms with E-state index in [2.05, 4.69) is 34.5 Å². The zero-order chi connectivity index (χ0) is 17.1. The van der Waals surface area contributed by atoms with Gasteiger partial charge in [-0.1, -0.05) is 13.8 Å². The van der Waals surface area contributed by atoms with Crippen molar-refractivity contribution in [1.29, 1.82) is 0 Å². The average molecular weight is 317 g/mol. The minimum absolute atomic E-state index is 0.112. The first kappa shape index (κ1) is 17.2. The molecule has 2 N–H and O–H groups in total. The van der Waals surface area contributed by atoms with Gasteiger partial charge in [0.05, 0.1) is 11.4 Å². The third-order valence-electron chi connectivity index (χ3n) is 4.14. The summed E-state index contributed by atoms with van der Waals surface area (Å²) in [6.45, 7) is 10.4. The monoisotopic (exact) mass is 317 g/mol. The maximum atomic E-state index is 12.3. The van der Waals surface area contributed by atoms with Crippen molar-refractivity contribution in [2.75, 3.05) is 0 Å². The van der Waals surface area contributed by atoms with E-state index in [1.807, 2.05) is 32.5 Å². The molecule has 1 unspecified atom stereocenters. The Kier molecular flexibility index (Phi) is 5.23. The Morgan fingerprint density at radius 2 is 2.00 bits per heavy atom. The Morgan fingerprint density at radius 1 is 1.30 bits per heavy atom. The van der Waals surface area contributed by atoms with Crippen LogP contribution < -0.4 is 5.32 Å². The van der Waals surface area contributed by atoms with Crippen LogP contribution in [0.2, 0.25) is 0 Å². The number of amides is 1. The predicted molar refractivity (Wildman–Crippen MR) is 91.3 cm³/mol. The molecule has 2 heterocycles. The van der Waals surface area contributed by atoms with Crippen molar-refractivity contribution >= 4 is 5.91 Å². The maximum Gasteiger partial charge on any atom is 0.269 e. The van der Waals surface area contributed by atoms with Gasteiger partial charge < -0.3 is 5.32 Å². The number of carbonyl (C=O) groups is 1. The van der Waals surface area contributed by atoms with E-state index >= 15 is 0 Å². The highest BCUT2D eigenvalue weighted by Gasteiger charge is 2.18. The quantitative estimate of drug-likeness (QED) is 0.860. The van der Waals surface area contributed by atoms with Crippen molar-refractivity contribution in [2.45, 2.75) is 53.5 Å². The summed E-state index contributed by atoms with van der Waals surface area (Å²) in [5.74, 6) is 0.531. The fourth-order valence-electron chi connectivity index (χ4n) is 2.67. The van der Waals surface area contributed by atoms with Crippen LogP contribution in [0.4, 0.5) is 0 Å². The molecule has 0 saturated heterocycles. The van der Waals surface area contributed by atoms with E-state index < -0.39 is 0 Å². The van der Waals surface area contributed by atoms with Crippen LogP contribution >= 0.6 is 0 Å². The molecular formula is C17H27N5O. The first-order chi connectivity index (χ1) is 10.8. The first-order valence-corrected chi connectivity index (χ1v) is 8.16. The Morgan fingerprint density at radius 3 is 2.57 bits per heavy atom. The minimum atomic E-state index is -0.112. The van der Waals surface area contributed by atoms with E-state index in [0.29, 0.717) is 11.6 Å². The summed E-state index contributed by atoms with van der Waals surface area (Å²) in [4.78, 5) is 12.3. The molecular weight excluding hydrogens is 290 g/mol. The van der Waals surface area contributed by atoms with E-state index in [4.69, 9.17) is 0 Å². The minimum Gasteiger partial charge on any atom is -0.348 e. The van der Waals surface area contributed by atoms with Crippen molar-refractivity contribution in [3.8, 4) is 11.3 Å². The highest BCUT2D eigenvalue weighted by molar-refractivity contribution is 5.93. The highest BCUT2D eigenvalue weighted by atomic mass is 16.2. The largest absolute Gasteiger partial charge is 0.348 e. The highest BCUT2D eigenvalue weighted by Crippen LogP contribution is 2.25. The summed E-state index contributed by atoms with van der Waals surface area (Å²) in [5.41, 5.74) is 4.17. The molecule has 1 amide bonds. The van der Waals surface area contributed by atoms with Crippen LogP contribution in [-0.2, 0) is 7.05 Å². The summed E-state index contributed by atoms with van der Waals surface area (Å²) in [5, 5.41) is 14.5. The Labute approximate surface area is 137 Å². The van der Waals surface area contributed by atoms with Crippen LogP contribution in [-0.4, -0.2) is 31.9 Å². The van der Waals surface area contributed by atoms with Gasteiger partial charge in [-0.2, -0.15) is 10.2 Å². The van der Waals surface area contributed by atoms with Gasteiger partial charge >= 0.3 is 0 Å². The second kappa shape index (κ2) is 6.98. The molecule has 2 rings (SSSR count). The summed E-state index contributed by atoms with van der Waals surface area (Å²) in [6.07, 6.45) is 2.08. The van der Waals surface area contributed by atoms with Crippen molar-refractivity contribution < 1.29 is 4.79 Å². The van der Waals surface area contributed by atoms with E-state index in [9.17, 15) is 4.79 Å². The molecule has 1 atom stereocenters. The van der Waals surface area contributed by atoms with Gasteiger partial charge in [0, 0.05) is 24.3 Å². The molecule has 0 aliphatic rings. The van der Waals surface area contributed by atoms with Gasteiger partial charge in [0.1, 0.15) is 5.69 Å². The van der Waals surface area contributed by atoms with Crippen molar-refractivity contribution in [2.24, 2.45) is 13.0 Å². The number of H-pyrrole nitrogens is 1. The topological polar surface area (TPSA) is 75.6 Å². The lowest BCUT2D eigenvalue weighted by molar-refractivity contribution is 0.0932. The van der Waals surface area contributed by atoms with E-state index in [1.165, 1.54) is 0 Å². The average Bonchev–Trinajstić information content (AvgIpc) is 3.02. The van der Waals surface area contributed by atoms with E-state index in [1.54, 1.807) is 6.07 Å². The lowest BCUT2D eigenvalue weighted by Gasteiger charge is -2.14. The van der Waals surface area contributed by atoms with Crippen LogP contribution in [0.3, 0.4) is 0 Å². The summed E-state index contributed by atoms with van der Waals surface area (Å²) in [7, 11) is 1.91. The van der Waals surface area contributed by atoms with Crippen LogP contribution in [0.15, 0.2) is 6.07 Å². The van der Waals surface area contributed by atoms with Gasteiger partial charge in [0.2, 0.25) is 0 Å². The number of aryl methyl sites for hydroxylation is 2. The predicted octanol–water partition coefficient (Wildman–Crippen LogP) is 2.98. The van der Waals surface area contributed by atoms with Gasteiger partial charge in [-0.15, -0.1) is 0 Å². The van der Waals surface area contributed by atoms with Crippen LogP contribution in [0.5, 0.6) is 0 Å². The Bertz CT molecular complexity index is 683. The molecule has 2 aromatic rings. The van der Waals surface area contributed by atoms with Gasteiger partial charge in [-0.05, 0) is 45.6 Å². The number of hydrogen-bond donors (Lipinski definition) is 2. The first-order valence-electron chi connectivity index (χ1n) is 8.16. The second-order valence-corrected chi connectivity index (χ2v) is 6.68. The normalized spacial score (nSPS) is 12.7. The summed E-state index contributed by atoms with van der Waals surface area (Å²) in [6, 6.07) is 1.94. The number of nitrogens with one attached hydrogen (secondary N) is 2. The molecule has 23 heavy (non-hydrogen) atoms. The zero-order valence-corrected chi connectivity index (χ0v) is 14.9. The van der Waals surface area contributed by atoms with Crippen molar-refractivity contribution in [1.82, 2.24) is 25.3 Å². The van der Waals surface area contributed by atoms with Crippen molar-refractivity contribution in [3.05, 3.63) is 23.1 Å². The van der Waals surface area contributed by atoms with Crippen LogP contribution in [0.1, 0.15) is 55.5 Å². The maximum absolute atomic E-state index is 12.3. The molecule has 0 fully saturated rings. The Balaban J connectivity index is 2.08. The number of carbonyl (C=O) groups excluding carboxylic acids is 1. The van der Waals surface area contributed by atoms with E-state index in [0.717, 1.165) is 35.5 Å². The SMILES string of the molecule is Cc1nn(C)c(C)c1-c1cc(C(=O)NC(C)CCC(C)C)[nH]n1. The number of aromatic amines is 1. The molecule has 0 aromatic carbocycles. The van der Waals surface area contributed by atoms with Gasteiger partial charge in [-0.3, -0.25) is 14.6 Å². The van der Waals surface area contributed by atoms with Crippen molar-refractivity contribution in [3.63, 3.8) is 0 Å². The van der Waals surface area contributed by atoms with Crippen LogP contribution in [0, 0.1) is 19.8 Å².